The van der Waals surface area contributed by atoms with Crippen molar-refractivity contribution in [2.45, 2.75) is 57.7 Å². The summed E-state index contributed by atoms with van der Waals surface area (Å²) in [7, 11) is 1.90. The number of nitrogens with zero attached hydrogens (tertiary/aromatic N) is 3. The summed E-state index contributed by atoms with van der Waals surface area (Å²) < 4.78 is 5.78. The van der Waals surface area contributed by atoms with Gasteiger partial charge in [-0.15, -0.1) is 24.0 Å². The van der Waals surface area contributed by atoms with Crippen LogP contribution in [0.3, 0.4) is 0 Å². The molecular weight excluding hydrogens is 463 g/mol. The van der Waals surface area contributed by atoms with Crippen molar-refractivity contribution in [1.29, 1.82) is 0 Å². The van der Waals surface area contributed by atoms with Gasteiger partial charge in [0.25, 0.3) is 0 Å². The molecule has 1 aromatic carbocycles. The molecule has 2 heterocycles. The molecule has 0 saturated carbocycles. The van der Waals surface area contributed by atoms with Crippen LogP contribution in [0.4, 0.5) is 0 Å². The van der Waals surface area contributed by atoms with Crippen molar-refractivity contribution in [3.63, 3.8) is 0 Å². The van der Waals surface area contributed by atoms with Gasteiger partial charge in [0.1, 0.15) is 0 Å². The van der Waals surface area contributed by atoms with Crippen LogP contribution in [0, 0.1) is 0 Å². The number of hydrogen-bond acceptors (Lipinski definition) is 3. The third kappa shape index (κ3) is 6.88. The number of rotatable bonds is 6. The molecule has 28 heavy (non-hydrogen) atoms. The highest BCUT2D eigenvalue weighted by Gasteiger charge is 2.25. The summed E-state index contributed by atoms with van der Waals surface area (Å²) in [6.07, 6.45) is 6.52. The Balaban J connectivity index is 0.00000280. The third-order valence-electron chi connectivity index (χ3n) is 5.83. The minimum atomic E-state index is 0. The van der Waals surface area contributed by atoms with Crippen molar-refractivity contribution in [3.05, 3.63) is 35.9 Å². The average Bonchev–Trinajstić information content (AvgIpc) is 2.72. The fourth-order valence-corrected chi connectivity index (χ4v) is 4.33. The summed E-state index contributed by atoms with van der Waals surface area (Å²) in [5, 5.41) is 3.66. The maximum absolute atomic E-state index is 5.78. The number of benzene rings is 1. The molecular formula is C22H37IN4O. The van der Waals surface area contributed by atoms with E-state index in [1.54, 1.807) is 0 Å². The van der Waals surface area contributed by atoms with Gasteiger partial charge in [-0.25, -0.2) is 0 Å². The van der Waals surface area contributed by atoms with Crippen LogP contribution in [0.1, 0.15) is 44.6 Å². The Hall–Kier alpha value is -0.860. The predicted octanol–water partition coefficient (Wildman–Crippen LogP) is 3.74. The van der Waals surface area contributed by atoms with Gasteiger partial charge in [-0.05, 0) is 44.7 Å². The molecule has 6 heteroatoms. The monoisotopic (exact) mass is 500 g/mol. The van der Waals surface area contributed by atoms with Crippen molar-refractivity contribution in [1.82, 2.24) is 15.1 Å². The lowest BCUT2D eigenvalue weighted by atomic mass is 10.0. The van der Waals surface area contributed by atoms with Crippen LogP contribution >= 0.6 is 24.0 Å². The van der Waals surface area contributed by atoms with E-state index in [0.717, 1.165) is 51.6 Å². The van der Waals surface area contributed by atoms with Crippen LogP contribution in [0.2, 0.25) is 0 Å². The summed E-state index contributed by atoms with van der Waals surface area (Å²) in [5.41, 5.74) is 1.41. The van der Waals surface area contributed by atoms with E-state index in [9.17, 15) is 0 Å². The first-order chi connectivity index (χ1) is 13.3. The maximum atomic E-state index is 5.78. The van der Waals surface area contributed by atoms with E-state index in [4.69, 9.17) is 4.74 Å². The topological polar surface area (TPSA) is 40.1 Å². The summed E-state index contributed by atoms with van der Waals surface area (Å²) in [6, 6.07) is 11.4. The minimum Gasteiger partial charge on any atom is -0.378 e. The van der Waals surface area contributed by atoms with Crippen LogP contribution < -0.4 is 5.32 Å². The van der Waals surface area contributed by atoms with Gasteiger partial charge < -0.3 is 15.0 Å². The lowest BCUT2D eigenvalue weighted by Gasteiger charge is -2.38. The minimum absolute atomic E-state index is 0. The molecule has 0 amide bonds. The molecule has 1 aromatic rings. The van der Waals surface area contributed by atoms with Gasteiger partial charge in [0.05, 0.1) is 6.10 Å². The summed E-state index contributed by atoms with van der Waals surface area (Å²) in [5.74, 6) is 1.05. The Bertz CT molecular complexity index is 575. The SMILES string of the molecule is CCOC1CCN(C(=NC)NCC2CCCCN2Cc2ccccc2)CC1.I. The molecule has 0 spiro atoms. The van der Waals surface area contributed by atoms with E-state index in [0.29, 0.717) is 12.1 Å². The average molecular weight is 500 g/mol. The fraction of sp³-hybridized carbons (Fsp3) is 0.682. The van der Waals surface area contributed by atoms with Gasteiger partial charge in [-0.1, -0.05) is 36.8 Å². The van der Waals surface area contributed by atoms with Crippen molar-refractivity contribution in [2.24, 2.45) is 4.99 Å². The molecule has 158 valence electrons. The van der Waals surface area contributed by atoms with E-state index in [-0.39, 0.29) is 24.0 Å². The van der Waals surface area contributed by atoms with Crippen molar-refractivity contribution >= 4 is 29.9 Å². The largest absolute Gasteiger partial charge is 0.378 e. The Morgan fingerprint density at radius 1 is 1.11 bits per heavy atom. The lowest BCUT2D eigenvalue weighted by molar-refractivity contribution is 0.0262. The highest BCUT2D eigenvalue weighted by Crippen LogP contribution is 2.20. The highest BCUT2D eigenvalue weighted by atomic mass is 127. The smallest absolute Gasteiger partial charge is 0.193 e. The van der Waals surface area contributed by atoms with E-state index >= 15 is 0 Å². The number of hydrogen-bond donors (Lipinski definition) is 1. The first-order valence-electron chi connectivity index (χ1n) is 10.6. The number of likely N-dealkylation sites (tertiary alicyclic amines) is 2. The van der Waals surface area contributed by atoms with Crippen LogP contribution in [-0.4, -0.2) is 67.7 Å². The van der Waals surface area contributed by atoms with Crippen molar-refractivity contribution < 1.29 is 4.74 Å². The number of ether oxygens (including phenoxy) is 1. The highest BCUT2D eigenvalue weighted by molar-refractivity contribution is 14.0. The zero-order valence-electron chi connectivity index (χ0n) is 17.5. The lowest BCUT2D eigenvalue weighted by Crippen LogP contribution is -2.51. The van der Waals surface area contributed by atoms with E-state index < -0.39 is 0 Å². The zero-order chi connectivity index (χ0) is 18.9. The molecule has 0 aliphatic carbocycles. The van der Waals surface area contributed by atoms with E-state index in [2.05, 4.69) is 57.4 Å². The van der Waals surface area contributed by atoms with Gasteiger partial charge in [-0.3, -0.25) is 9.89 Å². The molecule has 1 N–H and O–H groups in total. The number of piperidine rings is 2. The first kappa shape index (κ1) is 23.4. The molecule has 2 aliphatic heterocycles. The molecule has 0 aromatic heterocycles. The van der Waals surface area contributed by atoms with Gasteiger partial charge in [0.15, 0.2) is 5.96 Å². The Labute approximate surface area is 187 Å². The second-order valence-electron chi connectivity index (χ2n) is 7.68. The van der Waals surface area contributed by atoms with Gasteiger partial charge in [0.2, 0.25) is 0 Å². The van der Waals surface area contributed by atoms with Crippen LogP contribution in [-0.2, 0) is 11.3 Å². The van der Waals surface area contributed by atoms with Crippen LogP contribution in [0.5, 0.6) is 0 Å². The molecule has 3 rings (SSSR count). The van der Waals surface area contributed by atoms with Gasteiger partial charge >= 0.3 is 0 Å². The van der Waals surface area contributed by atoms with Gasteiger partial charge in [0, 0.05) is 45.9 Å². The predicted molar refractivity (Wildman–Crippen MR) is 127 cm³/mol. The van der Waals surface area contributed by atoms with Crippen LogP contribution in [0.25, 0.3) is 0 Å². The van der Waals surface area contributed by atoms with Crippen molar-refractivity contribution in [3.8, 4) is 0 Å². The molecule has 1 unspecified atom stereocenters. The summed E-state index contributed by atoms with van der Waals surface area (Å²) in [6.45, 7) is 8.18. The second-order valence-corrected chi connectivity index (χ2v) is 7.68. The number of nitrogens with one attached hydrogen (secondary N) is 1. The van der Waals surface area contributed by atoms with Crippen LogP contribution in [0.15, 0.2) is 35.3 Å². The zero-order valence-corrected chi connectivity index (χ0v) is 19.8. The molecule has 0 bridgehead atoms. The normalized spacial score (nSPS) is 22.0. The molecule has 2 aliphatic rings. The second kappa shape index (κ2) is 12.6. The maximum Gasteiger partial charge on any atom is 0.193 e. The molecule has 0 radical (unpaired) electrons. The van der Waals surface area contributed by atoms with Crippen molar-refractivity contribution in [2.75, 3.05) is 39.8 Å². The summed E-state index contributed by atoms with van der Waals surface area (Å²) in [4.78, 5) is 9.58. The number of aliphatic imine (C=N–C) groups is 1. The third-order valence-corrected chi connectivity index (χ3v) is 5.83. The van der Waals surface area contributed by atoms with E-state index in [1.165, 1.54) is 31.4 Å². The number of halogens is 1. The fourth-order valence-electron chi connectivity index (χ4n) is 4.33. The first-order valence-corrected chi connectivity index (χ1v) is 10.6. The summed E-state index contributed by atoms with van der Waals surface area (Å²) >= 11 is 0. The quantitative estimate of drug-likeness (QED) is 0.367. The van der Waals surface area contributed by atoms with E-state index in [1.807, 2.05) is 7.05 Å². The Morgan fingerprint density at radius 2 is 1.86 bits per heavy atom. The Morgan fingerprint density at radius 3 is 2.54 bits per heavy atom. The number of guanidine groups is 1. The molecule has 5 nitrogen and oxygen atoms in total. The molecule has 2 fully saturated rings. The molecule has 1 atom stereocenters. The molecule has 2 saturated heterocycles. The Kier molecular flexibility index (Phi) is 10.6. The van der Waals surface area contributed by atoms with Gasteiger partial charge in [-0.2, -0.15) is 0 Å². The standard InChI is InChI=1S/C22H36N4O.HI/c1-3-27-21-12-15-25(16-13-21)22(23-2)24-17-20-11-7-8-14-26(20)18-19-9-5-4-6-10-19;/h4-6,9-10,20-21H,3,7-8,11-18H2,1-2H3,(H,23,24);1H.